The quantitative estimate of drug-likeness (QED) is 0.601. The van der Waals surface area contributed by atoms with E-state index < -0.39 is 30.4 Å². The number of nitrogens with zero attached hydrogens (tertiary/aromatic N) is 1. The second-order valence-corrected chi connectivity index (χ2v) is 7.70. The first-order chi connectivity index (χ1) is 15.5. The first-order valence-electron chi connectivity index (χ1n) is 10.5. The Morgan fingerprint density at radius 3 is 2.22 bits per heavy atom. The summed E-state index contributed by atoms with van der Waals surface area (Å²) in [6, 6.07) is 14.6. The minimum Gasteiger partial charge on any atom is -0.481 e. The minimum atomic E-state index is -1.26. The molecular weight excluding hydrogens is 414 g/mol. The Kier molecular flexibility index (Phi) is 6.67. The van der Waals surface area contributed by atoms with Crippen molar-refractivity contribution in [1.29, 1.82) is 0 Å². The van der Waals surface area contributed by atoms with Crippen molar-refractivity contribution in [2.24, 2.45) is 0 Å². The van der Waals surface area contributed by atoms with Crippen LogP contribution in [0.2, 0.25) is 0 Å². The fourth-order valence-corrected chi connectivity index (χ4v) is 4.08. The molecule has 2 amide bonds. The Balaban J connectivity index is 1.39. The number of fused-ring (bicyclic) bond motifs is 3. The molecule has 1 atom stereocenters. The van der Waals surface area contributed by atoms with E-state index in [1.165, 1.54) is 0 Å². The maximum atomic E-state index is 12.5. The van der Waals surface area contributed by atoms with E-state index in [1.807, 2.05) is 48.5 Å². The van der Waals surface area contributed by atoms with Gasteiger partial charge in [0.25, 0.3) is 5.91 Å². The molecule has 0 bridgehead atoms. The van der Waals surface area contributed by atoms with E-state index in [-0.39, 0.29) is 12.5 Å². The second-order valence-electron chi connectivity index (χ2n) is 7.70. The highest BCUT2D eigenvalue weighted by atomic mass is 16.5. The monoisotopic (exact) mass is 439 g/mol. The van der Waals surface area contributed by atoms with Crippen molar-refractivity contribution in [1.82, 2.24) is 15.8 Å². The Labute approximate surface area is 185 Å². The van der Waals surface area contributed by atoms with Crippen LogP contribution in [-0.4, -0.2) is 67.0 Å². The van der Waals surface area contributed by atoms with Gasteiger partial charge < -0.3 is 19.9 Å². The van der Waals surface area contributed by atoms with Crippen molar-refractivity contribution in [3.8, 4) is 11.1 Å². The highest BCUT2D eigenvalue weighted by Crippen LogP contribution is 2.44. The maximum absolute atomic E-state index is 12.5. The number of hydrogen-bond donors (Lipinski definition) is 3. The summed E-state index contributed by atoms with van der Waals surface area (Å²) >= 11 is 0. The van der Waals surface area contributed by atoms with Gasteiger partial charge in [-0.3, -0.25) is 15.0 Å². The van der Waals surface area contributed by atoms with E-state index in [2.05, 4.69) is 10.7 Å². The molecule has 1 aliphatic heterocycles. The highest BCUT2D eigenvalue weighted by molar-refractivity contribution is 5.89. The fourth-order valence-electron chi connectivity index (χ4n) is 4.08. The number of carbonyl (C=O) groups is 3. The average Bonchev–Trinajstić information content (AvgIpc) is 3.11. The van der Waals surface area contributed by atoms with Crippen molar-refractivity contribution >= 4 is 18.0 Å². The molecule has 1 saturated heterocycles. The number of morpholine rings is 1. The Hall–Kier alpha value is -3.43. The van der Waals surface area contributed by atoms with Gasteiger partial charge in [-0.2, -0.15) is 0 Å². The standard InChI is InChI=1S/C23H25N3O6/c27-21(28)13-20(22(29)25-26-9-11-31-12-10-26)24-23(30)32-14-19-17-7-3-1-5-15(17)16-6-2-4-8-18(16)19/h1-8,19-20H,9-14H2,(H,24,30)(H,25,29)(H,27,28). The molecule has 3 N–H and O–H groups in total. The summed E-state index contributed by atoms with van der Waals surface area (Å²) in [4.78, 5) is 36.2. The number of hydrogen-bond acceptors (Lipinski definition) is 6. The van der Waals surface area contributed by atoms with Crippen molar-refractivity contribution in [2.45, 2.75) is 18.4 Å². The first-order valence-corrected chi connectivity index (χ1v) is 10.5. The molecule has 9 nitrogen and oxygen atoms in total. The second kappa shape index (κ2) is 9.80. The normalized spacial score (nSPS) is 16.5. The summed E-state index contributed by atoms with van der Waals surface area (Å²) in [5.74, 6) is -1.94. The van der Waals surface area contributed by atoms with Gasteiger partial charge in [0, 0.05) is 19.0 Å². The SMILES string of the molecule is O=C(O)CC(NC(=O)OCC1c2ccccc2-c2ccccc21)C(=O)NN1CCOCC1. The van der Waals surface area contributed by atoms with Crippen LogP contribution in [0.4, 0.5) is 4.79 Å². The van der Waals surface area contributed by atoms with Gasteiger partial charge in [0.2, 0.25) is 0 Å². The molecule has 4 rings (SSSR count). The molecule has 1 heterocycles. The lowest BCUT2D eigenvalue weighted by molar-refractivity contribution is -0.141. The third-order valence-corrected chi connectivity index (χ3v) is 5.61. The van der Waals surface area contributed by atoms with Gasteiger partial charge in [-0.1, -0.05) is 48.5 Å². The molecule has 168 valence electrons. The van der Waals surface area contributed by atoms with Crippen LogP contribution in [0.5, 0.6) is 0 Å². The van der Waals surface area contributed by atoms with Crippen LogP contribution in [-0.2, 0) is 19.1 Å². The van der Waals surface area contributed by atoms with Crippen LogP contribution in [0, 0.1) is 0 Å². The summed E-state index contributed by atoms with van der Waals surface area (Å²) in [6.45, 7) is 1.96. The molecule has 0 saturated carbocycles. The van der Waals surface area contributed by atoms with Crippen LogP contribution in [0.3, 0.4) is 0 Å². The number of ether oxygens (including phenoxy) is 2. The topological polar surface area (TPSA) is 117 Å². The molecule has 2 aromatic carbocycles. The van der Waals surface area contributed by atoms with Gasteiger partial charge in [-0.15, -0.1) is 0 Å². The van der Waals surface area contributed by atoms with Gasteiger partial charge in [-0.25, -0.2) is 9.80 Å². The Bertz CT molecular complexity index is 959. The van der Waals surface area contributed by atoms with E-state index in [1.54, 1.807) is 5.01 Å². The summed E-state index contributed by atoms with van der Waals surface area (Å²) in [6.07, 6.45) is -1.39. The molecular formula is C23H25N3O6. The van der Waals surface area contributed by atoms with Crippen molar-refractivity contribution in [3.63, 3.8) is 0 Å². The van der Waals surface area contributed by atoms with Gasteiger partial charge in [0.15, 0.2) is 0 Å². The number of carboxylic acids is 1. The summed E-state index contributed by atoms with van der Waals surface area (Å²) in [5.41, 5.74) is 6.97. The third kappa shape index (κ3) is 4.90. The van der Waals surface area contributed by atoms with Gasteiger partial charge >= 0.3 is 12.1 Å². The molecule has 2 aromatic rings. The average molecular weight is 439 g/mol. The van der Waals surface area contributed by atoms with Crippen molar-refractivity contribution in [2.75, 3.05) is 32.9 Å². The largest absolute Gasteiger partial charge is 0.481 e. The number of alkyl carbamates (subject to hydrolysis) is 1. The molecule has 0 spiro atoms. The molecule has 0 radical (unpaired) electrons. The van der Waals surface area contributed by atoms with E-state index in [0.29, 0.717) is 26.3 Å². The first kappa shape index (κ1) is 21.8. The number of carbonyl (C=O) groups excluding carboxylic acids is 2. The molecule has 9 heteroatoms. The predicted octanol–water partition coefficient (Wildman–Crippen LogP) is 1.73. The smallest absolute Gasteiger partial charge is 0.407 e. The summed E-state index contributed by atoms with van der Waals surface area (Å²) in [7, 11) is 0. The highest BCUT2D eigenvalue weighted by Gasteiger charge is 2.30. The van der Waals surface area contributed by atoms with Gasteiger partial charge in [-0.05, 0) is 22.3 Å². The number of hydrazine groups is 1. The van der Waals surface area contributed by atoms with Gasteiger partial charge in [0.05, 0.1) is 19.6 Å². The zero-order valence-electron chi connectivity index (χ0n) is 17.5. The lowest BCUT2D eigenvalue weighted by Crippen LogP contribution is -2.55. The number of rotatable bonds is 7. The maximum Gasteiger partial charge on any atom is 0.407 e. The molecule has 32 heavy (non-hydrogen) atoms. The molecule has 2 aliphatic rings. The zero-order chi connectivity index (χ0) is 22.5. The zero-order valence-corrected chi connectivity index (χ0v) is 17.5. The number of amides is 2. The van der Waals surface area contributed by atoms with Crippen LogP contribution >= 0.6 is 0 Å². The van der Waals surface area contributed by atoms with Crippen LogP contribution in [0.25, 0.3) is 11.1 Å². The fraction of sp³-hybridized carbons (Fsp3) is 0.348. The number of carboxylic acid groups (broad SMARTS) is 1. The minimum absolute atomic E-state index is 0.0741. The van der Waals surface area contributed by atoms with Crippen LogP contribution in [0.15, 0.2) is 48.5 Å². The number of nitrogens with one attached hydrogen (secondary N) is 2. The lowest BCUT2D eigenvalue weighted by atomic mass is 9.98. The third-order valence-electron chi connectivity index (χ3n) is 5.61. The Morgan fingerprint density at radius 2 is 1.62 bits per heavy atom. The summed E-state index contributed by atoms with van der Waals surface area (Å²) < 4.78 is 10.7. The van der Waals surface area contributed by atoms with E-state index >= 15 is 0 Å². The molecule has 0 aromatic heterocycles. The van der Waals surface area contributed by atoms with Crippen LogP contribution in [0.1, 0.15) is 23.5 Å². The number of benzene rings is 2. The Morgan fingerprint density at radius 1 is 1.03 bits per heavy atom. The number of aliphatic carboxylic acids is 1. The summed E-state index contributed by atoms with van der Waals surface area (Å²) in [5, 5.41) is 13.2. The van der Waals surface area contributed by atoms with E-state index in [9.17, 15) is 14.4 Å². The van der Waals surface area contributed by atoms with E-state index in [0.717, 1.165) is 22.3 Å². The van der Waals surface area contributed by atoms with E-state index in [4.69, 9.17) is 14.6 Å². The molecule has 1 unspecified atom stereocenters. The van der Waals surface area contributed by atoms with Gasteiger partial charge in [0.1, 0.15) is 12.6 Å². The van der Waals surface area contributed by atoms with Crippen molar-refractivity contribution < 1.29 is 29.0 Å². The van der Waals surface area contributed by atoms with Crippen LogP contribution < -0.4 is 10.7 Å². The lowest BCUT2D eigenvalue weighted by Gasteiger charge is -2.28. The molecule has 1 aliphatic carbocycles. The molecule has 1 fully saturated rings. The predicted molar refractivity (Wildman–Crippen MR) is 115 cm³/mol. The van der Waals surface area contributed by atoms with Crippen molar-refractivity contribution in [3.05, 3.63) is 59.7 Å².